The normalized spacial score (nSPS) is 11.4. The molecule has 0 aliphatic heterocycles. The number of nitriles is 1. The lowest BCUT2D eigenvalue weighted by atomic mass is 10.1. The van der Waals surface area contributed by atoms with Gasteiger partial charge in [0.05, 0.1) is 11.0 Å². The van der Waals surface area contributed by atoms with Gasteiger partial charge in [0.2, 0.25) is 0 Å². The third-order valence-electron chi connectivity index (χ3n) is 3.06. The molecule has 1 aromatic heterocycles. The topological polar surface area (TPSA) is 53.8 Å². The standard InChI is InChI=1S/C17H9BrN2OS/c18-13-7-5-11(6-8-13)9-12(10-19)17-20-16(21)14-3-1-2-4-15(14)22-17/h1-9H/b12-9+. The molecular formula is C17H9BrN2OS. The second kappa shape index (κ2) is 6.22. The van der Waals surface area contributed by atoms with Gasteiger partial charge in [-0.15, -0.1) is 11.3 Å². The molecule has 0 aliphatic rings. The first-order valence-corrected chi connectivity index (χ1v) is 8.06. The molecule has 3 nitrogen and oxygen atoms in total. The van der Waals surface area contributed by atoms with Crippen molar-refractivity contribution in [3.05, 3.63) is 73.9 Å². The van der Waals surface area contributed by atoms with E-state index in [4.69, 9.17) is 0 Å². The Morgan fingerprint density at radius 1 is 1.18 bits per heavy atom. The molecule has 1 heterocycles. The van der Waals surface area contributed by atoms with E-state index in [-0.39, 0.29) is 5.56 Å². The summed E-state index contributed by atoms with van der Waals surface area (Å²) < 4.78 is 1.80. The predicted octanol–water partition coefficient (Wildman–Crippen LogP) is 4.48. The molecule has 22 heavy (non-hydrogen) atoms. The van der Waals surface area contributed by atoms with Crippen LogP contribution in [0.15, 0.2) is 57.8 Å². The summed E-state index contributed by atoms with van der Waals surface area (Å²) >= 11 is 4.72. The molecule has 0 saturated heterocycles. The average molecular weight is 369 g/mol. The van der Waals surface area contributed by atoms with E-state index < -0.39 is 0 Å². The minimum atomic E-state index is -0.304. The molecule has 0 radical (unpaired) electrons. The highest BCUT2D eigenvalue weighted by atomic mass is 79.9. The van der Waals surface area contributed by atoms with Crippen LogP contribution in [0.2, 0.25) is 0 Å². The van der Waals surface area contributed by atoms with Gasteiger partial charge >= 0.3 is 0 Å². The molecule has 3 aromatic rings. The largest absolute Gasteiger partial charge is 0.279 e. The maximum atomic E-state index is 12.1. The zero-order chi connectivity index (χ0) is 15.5. The lowest BCUT2D eigenvalue weighted by Gasteiger charge is -2.01. The summed E-state index contributed by atoms with van der Waals surface area (Å²) in [6, 6.07) is 17.0. The first-order valence-electron chi connectivity index (χ1n) is 6.45. The van der Waals surface area contributed by atoms with E-state index in [1.807, 2.05) is 36.4 Å². The van der Waals surface area contributed by atoms with Crippen molar-refractivity contribution in [2.24, 2.45) is 0 Å². The number of fused-ring (bicyclic) bond motifs is 1. The number of halogens is 1. The summed E-state index contributed by atoms with van der Waals surface area (Å²) in [6.45, 7) is 0. The lowest BCUT2D eigenvalue weighted by molar-refractivity contribution is 1.28. The van der Waals surface area contributed by atoms with Gasteiger partial charge in [-0.3, -0.25) is 4.79 Å². The zero-order valence-corrected chi connectivity index (χ0v) is 13.7. The fourth-order valence-corrected chi connectivity index (χ4v) is 3.22. The minimum Gasteiger partial charge on any atom is -0.267 e. The summed E-state index contributed by atoms with van der Waals surface area (Å²) in [5, 5.41) is 10.4. The maximum absolute atomic E-state index is 12.1. The molecular weight excluding hydrogens is 360 g/mol. The molecule has 0 bridgehead atoms. The van der Waals surface area contributed by atoms with Crippen molar-refractivity contribution in [1.29, 1.82) is 5.26 Å². The fraction of sp³-hybridized carbons (Fsp3) is 0. The molecule has 0 N–H and O–H groups in total. The third kappa shape index (κ3) is 2.98. The highest BCUT2D eigenvalue weighted by Crippen LogP contribution is 2.24. The van der Waals surface area contributed by atoms with Crippen LogP contribution in [0.1, 0.15) is 10.6 Å². The number of benzene rings is 2. The van der Waals surface area contributed by atoms with E-state index in [2.05, 4.69) is 27.0 Å². The van der Waals surface area contributed by atoms with E-state index in [9.17, 15) is 10.1 Å². The number of hydrogen-bond donors (Lipinski definition) is 0. The third-order valence-corrected chi connectivity index (χ3v) is 4.67. The summed E-state index contributed by atoms with van der Waals surface area (Å²) in [7, 11) is 0. The summed E-state index contributed by atoms with van der Waals surface area (Å²) in [5.41, 5.74) is 0.964. The highest BCUT2D eigenvalue weighted by molar-refractivity contribution is 9.10. The Bertz CT molecular complexity index is 968. The molecule has 0 atom stereocenters. The van der Waals surface area contributed by atoms with Crippen molar-refractivity contribution >= 4 is 49.0 Å². The van der Waals surface area contributed by atoms with Crippen LogP contribution in [0.5, 0.6) is 0 Å². The van der Waals surface area contributed by atoms with Crippen molar-refractivity contribution in [3.8, 4) is 6.07 Å². The predicted molar refractivity (Wildman–Crippen MR) is 93.5 cm³/mol. The Kier molecular flexibility index (Phi) is 4.14. The number of nitrogens with zero attached hydrogens (tertiary/aromatic N) is 2. The van der Waals surface area contributed by atoms with Crippen LogP contribution in [0.4, 0.5) is 0 Å². The van der Waals surface area contributed by atoms with Crippen molar-refractivity contribution in [3.63, 3.8) is 0 Å². The molecule has 2 aromatic carbocycles. The minimum absolute atomic E-state index is 0.304. The SMILES string of the molecule is N#C/C(=C\c1ccc(Br)cc1)c1nc(=O)c2ccccc2s1. The van der Waals surface area contributed by atoms with Crippen LogP contribution >= 0.6 is 27.3 Å². The summed E-state index contributed by atoms with van der Waals surface area (Å²) in [4.78, 5) is 16.1. The van der Waals surface area contributed by atoms with Crippen LogP contribution < -0.4 is 5.56 Å². The Morgan fingerprint density at radius 3 is 2.64 bits per heavy atom. The molecule has 0 aliphatic carbocycles. The molecule has 106 valence electrons. The molecule has 0 amide bonds. The van der Waals surface area contributed by atoms with Gasteiger partial charge in [0.1, 0.15) is 11.1 Å². The van der Waals surface area contributed by atoms with Gasteiger partial charge < -0.3 is 0 Å². The number of rotatable bonds is 2. The summed E-state index contributed by atoms with van der Waals surface area (Å²) in [6.07, 6.45) is 1.74. The Morgan fingerprint density at radius 2 is 1.91 bits per heavy atom. The first kappa shape index (κ1) is 14.6. The second-order valence-corrected chi connectivity index (χ2v) is 6.49. The lowest BCUT2D eigenvalue weighted by Crippen LogP contribution is -2.07. The maximum Gasteiger partial charge on any atom is 0.279 e. The van der Waals surface area contributed by atoms with Gasteiger partial charge in [-0.25, -0.2) is 0 Å². The van der Waals surface area contributed by atoms with Crippen LogP contribution in [-0.4, -0.2) is 4.98 Å². The molecule has 3 rings (SSSR count). The zero-order valence-electron chi connectivity index (χ0n) is 11.3. The Balaban J connectivity index is 2.13. The van der Waals surface area contributed by atoms with E-state index in [1.54, 1.807) is 18.2 Å². The van der Waals surface area contributed by atoms with Crippen molar-refractivity contribution in [1.82, 2.24) is 4.98 Å². The van der Waals surface area contributed by atoms with E-state index in [1.165, 1.54) is 11.3 Å². The van der Waals surface area contributed by atoms with Gasteiger partial charge in [-0.2, -0.15) is 10.2 Å². The molecule has 0 unspecified atom stereocenters. The van der Waals surface area contributed by atoms with E-state index in [0.717, 1.165) is 14.7 Å². The van der Waals surface area contributed by atoms with Gasteiger partial charge in [-0.1, -0.05) is 40.2 Å². The summed E-state index contributed by atoms with van der Waals surface area (Å²) in [5.74, 6) is 0. The number of hydrogen-bond acceptors (Lipinski definition) is 4. The van der Waals surface area contributed by atoms with Crippen molar-refractivity contribution < 1.29 is 0 Å². The monoisotopic (exact) mass is 368 g/mol. The molecule has 0 spiro atoms. The average Bonchev–Trinajstić information content (AvgIpc) is 2.54. The van der Waals surface area contributed by atoms with Gasteiger partial charge in [0.25, 0.3) is 5.56 Å². The molecule has 5 heteroatoms. The van der Waals surface area contributed by atoms with Gasteiger partial charge in [-0.05, 0) is 35.9 Å². The van der Waals surface area contributed by atoms with E-state index >= 15 is 0 Å². The van der Waals surface area contributed by atoms with Crippen LogP contribution in [0.25, 0.3) is 21.7 Å². The van der Waals surface area contributed by atoms with Crippen LogP contribution in [0.3, 0.4) is 0 Å². The Hall–Kier alpha value is -2.29. The molecule has 0 fully saturated rings. The van der Waals surface area contributed by atoms with E-state index in [0.29, 0.717) is 16.0 Å². The van der Waals surface area contributed by atoms with Gasteiger partial charge in [0.15, 0.2) is 0 Å². The van der Waals surface area contributed by atoms with Gasteiger partial charge in [0, 0.05) is 9.17 Å². The van der Waals surface area contributed by atoms with Crippen LogP contribution in [-0.2, 0) is 0 Å². The second-order valence-electron chi connectivity index (χ2n) is 4.54. The van der Waals surface area contributed by atoms with Crippen molar-refractivity contribution in [2.45, 2.75) is 0 Å². The molecule has 0 saturated carbocycles. The fourth-order valence-electron chi connectivity index (χ4n) is 1.99. The highest BCUT2D eigenvalue weighted by Gasteiger charge is 2.08. The van der Waals surface area contributed by atoms with Crippen LogP contribution in [0, 0.1) is 11.3 Å². The first-order chi connectivity index (χ1) is 10.7. The number of aromatic nitrogens is 1. The smallest absolute Gasteiger partial charge is 0.267 e. The number of allylic oxidation sites excluding steroid dienone is 1. The van der Waals surface area contributed by atoms with Crippen molar-refractivity contribution in [2.75, 3.05) is 0 Å². The Labute approximate surface area is 139 Å². The quantitative estimate of drug-likeness (QED) is 0.626.